The zero-order chi connectivity index (χ0) is 55.7. The van der Waals surface area contributed by atoms with Crippen molar-refractivity contribution in [2.75, 3.05) is 33.5 Å². The Kier molecular flexibility index (Phi) is 19.2. The third-order valence-corrected chi connectivity index (χ3v) is 16.3. The van der Waals surface area contributed by atoms with E-state index in [9.17, 15) is 8.42 Å². The lowest BCUT2D eigenvalue weighted by Crippen LogP contribution is -2.62. The Labute approximate surface area is 473 Å². The Bertz CT molecular complexity index is 3430. The van der Waals surface area contributed by atoms with E-state index in [4.69, 9.17) is 43.7 Å². The highest BCUT2D eigenvalue weighted by Crippen LogP contribution is 2.41. The number of rotatable bonds is 28. The zero-order valence-corrected chi connectivity index (χ0v) is 46.0. The number of ether oxygens (including phenoxy) is 7. The molecule has 5 atom stereocenters. The molecule has 0 aliphatic carbocycles. The fourth-order valence-electron chi connectivity index (χ4n) is 10.6. The highest BCUT2D eigenvalue weighted by molar-refractivity contribution is 7.90. The monoisotopic (exact) mass is 1110 g/mol. The number of aromatic nitrogens is 3. The van der Waals surface area contributed by atoms with Gasteiger partial charge in [-0.1, -0.05) is 181 Å². The number of hydrogen-bond donors (Lipinski definition) is 0. The van der Waals surface area contributed by atoms with E-state index in [0.717, 1.165) is 63.8 Å². The summed E-state index contributed by atoms with van der Waals surface area (Å²) in [5, 5.41) is 4.47. The number of imidazole rings is 1. The van der Waals surface area contributed by atoms with Gasteiger partial charge in [0.1, 0.15) is 35.7 Å². The van der Waals surface area contributed by atoms with Crippen molar-refractivity contribution >= 4 is 20.9 Å². The second kappa shape index (κ2) is 27.5. The molecule has 2 aromatic heterocycles. The Morgan fingerprint density at radius 3 is 1.84 bits per heavy atom. The first-order valence-electron chi connectivity index (χ1n) is 27.3. The number of unbranched alkanes of at least 4 members (excludes halogenated alkanes) is 2. The quantitative estimate of drug-likeness (QED) is 0.0151. The highest BCUT2D eigenvalue weighted by Gasteiger charge is 2.49. The summed E-state index contributed by atoms with van der Waals surface area (Å²) in [6.45, 7) is 1.56. The third-order valence-electron chi connectivity index (χ3n) is 14.6. The molecule has 0 unspecified atom stereocenters. The number of methoxy groups -OCH3 is 1. The van der Waals surface area contributed by atoms with Crippen LogP contribution < -0.4 is 4.74 Å². The highest BCUT2D eigenvalue weighted by atomic mass is 32.2. The summed E-state index contributed by atoms with van der Waals surface area (Å²) in [6.07, 6.45) is 4.02. The summed E-state index contributed by atoms with van der Waals surface area (Å²) < 4.78 is 78.8. The molecule has 7 aromatic carbocycles. The lowest BCUT2D eigenvalue weighted by atomic mass is 9.77. The smallest absolute Gasteiger partial charge is 0.268 e. The van der Waals surface area contributed by atoms with Gasteiger partial charge in [0.2, 0.25) is 0 Å². The minimum Gasteiger partial charge on any atom is -0.497 e. The molecule has 0 spiro atoms. The van der Waals surface area contributed by atoms with Gasteiger partial charge in [0.25, 0.3) is 10.0 Å². The van der Waals surface area contributed by atoms with Gasteiger partial charge in [-0.25, -0.2) is 17.4 Å². The average molecular weight is 1110 g/mol. The van der Waals surface area contributed by atoms with Crippen LogP contribution in [-0.4, -0.2) is 86.1 Å². The first-order chi connectivity index (χ1) is 39.9. The van der Waals surface area contributed by atoms with Crippen LogP contribution in [0.15, 0.2) is 229 Å². The maximum Gasteiger partial charge on any atom is 0.268 e. The van der Waals surface area contributed by atoms with Crippen molar-refractivity contribution in [3.8, 4) is 5.75 Å². The molecule has 10 rings (SSSR count). The van der Waals surface area contributed by atoms with Crippen LogP contribution in [0.1, 0.15) is 58.3 Å². The van der Waals surface area contributed by atoms with E-state index in [1.807, 2.05) is 110 Å². The molecule has 0 bridgehead atoms. The summed E-state index contributed by atoms with van der Waals surface area (Å²) in [7, 11) is -2.30. The summed E-state index contributed by atoms with van der Waals surface area (Å²) >= 11 is 0. The second-order valence-electron chi connectivity index (χ2n) is 19.8. The molecule has 1 aliphatic heterocycles. The fraction of sp³-hybridized carbons (Fsp3) is 0.277. The molecule has 9 aromatic rings. The van der Waals surface area contributed by atoms with Crippen molar-refractivity contribution in [1.29, 1.82) is 0 Å². The fourth-order valence-corrected chi connectivity index (χ4v) is 12.0. The molecule has 416 valence electrons. The Hall–Kier alpha value is -7.89. The molecule has 81 heavy (non-hydrogen) atoms. The standard InChI is InChI=1S/C65H66N6O9S/c1-74-56-36-34-50(35-37-56)45-77-61-60(47-75-40-21-7-20-39-68-69-66)80-64(76-41-38-51-42-71(59-33-19-18-32-58(51)59)81(72,73)57-30-16-6-17-31-57)63(62(61)78-44-49-22-8-2-9-23-49)79-46-55-43-70(48-67-55)65(52-24-10-3-11-25-52,53-26-12-4-13-27-53)54-28-14-5-15-29-54/h2-6,8-19,22-37,42-43,48,60-64H,7,20-21,38-41,44-47H2,1H3/t60-,61-,62+,63+,64-/m0/s1. The van der Waals surface area contributed by atoms with Gasteiger partial charge in [-0.05, 0) is 88.5 Å². The molecule has 16 heteroatoms. The maximum absolute atomic E-state index is 14.1. The van der Waals surface area contributed by atoms with Gasteiger partial charge in [-0.2, -0.15) is 0 Å². The third kappa shape index (κ3) is 13.3. The molecular formula is C65H66N6O9S. The van der Waals surface area contributed by atoms with Crippen LogP contribution in [0, 0.1) is 0 Å². The number of para-hydroxylation sites is 1. The summed E-state index contributed by atoms with van der Waals surface area (Å²) in [5.74, 6) is 0.723. The van der Waals surface area contributed by atoms with Gasteiger partial charge < -0.3 is 37.7 Å². The molecule has 0 amide bonds. The Morgan fingerprint density at radius 2 is 1.20 bits per heavy atom. The lowest BCUT2D eigenvalue weighted by Gasteiger charge is -2.45. The van der Waals surface area contributed by atoms with E-state index >= 15 is 0 Å². The molecule has 1 aliphatic rings. The van der Waals surface area contributed by atoms with Crippen LogP contribution >= 0.6 is 0 Å². The van der Waals surface area contributed by atoms with E-state index in [1.165, 1.54) is 3.97 Å². The van der Waals surface area contributed by atoms with Crippen LogP contribution in [0.5, 0.6) is 5.75 Å². The topological polar surface area (TPSA) is 170 Å². The minimum atomic E-state index is -3.93. The van der Waals surface area contributed by atoms with E-state index in [-0.39, 0.29) is 37.9 Å². The van der Waals surface area contributed by atoms with Gasteiger partial charge in [-0.3, -0.25) is 0 Å². The van der Waals surface area contributed by atoms with Gasteiger partial charge >= 0.3 is 0 Å². The Balaban J connectivity index is 1.01. The van der Waals surface area contributed by atoms with Gasteiger partial charge in [0.15, 0.2) is 6.29 Å². The number of fused-ring (bicyclic) bond motifs is 1. The van der Waals surface area contributed by atoms with Gasteiger partial charge in [-0.15, -0.1) is 0 Å². The normalized spacial score (nSPS) is 17.4. The van der Waals surface area contributed by atoms with E-state index in [1.54, 1.807) is 43.6 Å². The molecule has 15 nitrogen and oxygen atoms in total. The van der Waals surface area contributed by atoms with Crippen LogP contribution in [0.25, 0.3) is 21.3 Å². The van der Waals surface area contributed by atoms with Crippen molar-refractivity contribution < 1.29 is 41.6 Å². The number of nitrogens with zero attached hydrogens (tertiary/aromatic N) is 6. The van der Waals surface area contributed by atoms with E-state index in [0.29, 0.717) is 30.8 Å². The van der Waals surface area contributed by atoms with Crippen molar-refractivity contribution in [3.05, 3.63) is 268 Å². The van der Waals surface area contributed by atoms with Gasteiger partial charge in [0, 0.05) is 35.8 Å². The van der Waals surface area contributed by atoms with Gasteiger partial charge in [0.05, 0.1) is 62.6 Å². The Morgan fingerprint density at radius 1 is 0.617 bits per heavy atom. The largest absolute Gasteiger partial charge is 0.497 e. The van der Waals surface area contributed by atoms with Crippen molar-refractivity contribution in [2.45, 2.75) is 86.6 Å². The molecule has 1 saturated heterocycles. The number of benzene rings is 7. The van der Waals surface area contributed by atoms with Crippen molar-refractivity contribution in [3.63, 3.8) is 0 Å². The molecule has 1 fully saturated rings. The predicted molar refractivity (Wildman–Crippen MR) is 310 cm³/mol. The summed E-state index contributed by atoms with van der Waals surface area (Å²) in [5.41, 5.74) is 15.0. The lowest BCUT2D eigenvalue weighted by molar-refractivity contribution is -0.328. The predicted octanol–water partition coefficient (Wildman–Crippen LogP) is 12.5. The average Bonchev–Trinajstić information content (AvgIpc) is 4.26. The summed E-state index contributed by atoms with van der Waals surface area (Å²) in [4.78, 5) is 8.12. The van der Waals surface area contributed by atoms with Crippen molar-refractivity contribution in [1.82, 2.24) is 13.5 Å². The SMILES string of the molecule is COc1ccc(CO[C@@H]2[C@@H](OCc3ccccc3)[C@@H](OCc3cn(C(c4ccccc4)(c4ccccc4)c4ccccc4)cn3)[C@@H](OCCc3cn(S(=O)(=O)c4ccccc4)c4ccccc34)O[C@H]2COCCCCCN=[N+]=[N-])cc1. The maximum atomic E-state index is 14.1. The van der Waals surface area contributed by atoms with Crippen LogP contribution in [0.2, 0.25) is 0 Å². The first kappa shape index (κ1) is 56.4. The van der Waals surface area contributed by atoms with Crippen LogP contribution in [0.4, 0.5) is 0 Å². The summed E-state index contributed by atoms with van der Waals surface area (Å²) in [6, 6.07) is 64.8. The van der Waals surface area contributed by atoms with E-state index in [2.05, 4.69) is 87.4 Å². The number of azide groups is 1. The van der Waals surface area contributed by atoms with Crippen LogP contribution in [-0.2, 0) is 70.2 Å². The molecular weight excluding hydrogens is 1040 g/mol. The molecule has 3 heterocycles. The second-order valence-corrected chi connectivity index (χ2v) is 21.6. The van der Waals surface area contributed by atoms with Crippen LogP contribution in [0.3, 0.4) is 0 Å². The first-order valence-corrected chi connectivity index (χ1v) is 28.8. The number of hydrogen-bond acceptors (Lipinski definition) is 11. The zero-order valence-electron chi connectivity index (χ0n) is 45.2. The molecule has 0 N–H and O–H groups in total. The van der Waals surface area contributed by atoms with Crippen molar-refractivity contribution in [2.24, 2.45) is 5.11 Å². The van der Waals surface area contributed by atoms with E-state index < -0.39 is 46.3 Å². The minimum absolute atomic E-state index is 0.0353. The molecule has 0 saturated carbocycles. The molecule has 0 radical (unpaired) electrons.